The number of aliphatic hydroxyl groups is 6. The van der Waals surface area contributed by atoms with Crippen LogP contribution in [0.1, 0.15) is 39.4 Å². The first-order chi connectivity index (χ1) is 19.8. The second-order valence-electron chi connectivity index (χ2n) is 12.1. The molecule has 2 fully saturated rings. The van der Waals surface area contributed by atoms with Crippen molar-refractivity contribution < 1.29 is 65.0 Å². The fourth-order valence-electron chi connectivity index (χ4n) is 6.25. The van der Waals surface area contributed by atoms with Gasteiger partial charge in [0.05, 0.1) is 28.8 Å². The molecule has 234 valence electrons. The standard InChI is InChI=1S/C29H34O14/c1-27(2)24(29(40)26(39)22(37)25(38)28(3,4)43-29)21(36)20(35)23(42-27)18-14(33)9-16-17(19(18)34)13(32)8-15(41-16)10-5-6-11(30)12(31)7-10/h5-9,20-26,30-31,33-40H,1-4H3. The van der Waals surface area contributed by atoms with Crippen molar-refractivity contribution in [2.75, 3.05) is 0 Å². The van der Waals surface area contributed by atoms with Gasteiger partial charge in [0.25, 0.3) is 0 Å². The molecule has 14 heteroatoms. The Hall–Kier alpha value is -3.47. The highest BCUT2D eigenvalue weighted by Gasteiger charge is 2.67. The number of hydrogen-bond acceptors (Lipinski definition) is 14. The van der Waals surface area contributed by atoms with E-state index in [-0.39, 0.29) is 16.9 Å². The number of rotatable bonds is 3. The summed E-state index contributed by atoms with van der Waals surface area (Å²) in [5, 5.41) is 107. The minimum atomic E-state index is -2.76. The van der Waals surface area contributed by atoms with E-state index in [0.29, 0.717) is 0 Å². The van der Waals surface area contributed by atoms with Crippen molar-refractivity contribution in [2.45, 2.75) is 81.3 Å². The topological polar surface area (TPSA) is 251 Å². The largest absolute Gasteiger partial charge is 0.507 e. The molecule has 0 amide bonds. The maximum Gasteiger partial charge on any atom is 0.203 e. The van der Waals surface area contributed by atoms with Crippen LogP contribution in [0.5, 0.6) is 23.0 Å². The maximum absolute atomic E-state index is 13.1. The van der Waals surface area contributed by atoms with Crippen molar-refractivity contribution in [1.82, 2.24) is 0 Å². The Morgan fingerprint density at radius 2 is 1.40 bits per heavy atom. The fourth-order valence-corrected chi connectivity index (χ4v) is 6.25. The Morgan fingerprint density at radius 3 is 2.02 bits per heavy atom. The molecule has 0 spiro atoms. The lowest BCUT2D eigenvalue weighted by molar-refractivity contribution is -0.422. The molecule has 0 bridgehead atoms. The van der Waals surface area contributed by atoms with Crippen LogP contribution in [0.2, 0.25) is 0 Å². The molecule has 1 aromatic heterocycles. The molecular weight excluding hydrogens is 572 g/mol. The van der Waals surface area contributed by atoms with Gasteiger partial charge in [-0.3, -0.25) is 4.79 Å². The van der Waals surface area contributed by atoms with Gasteiger partial charge in [0.15, 0.2) is 16.9 Å². The summed E-state index contributed by atoms with van der Waals surface area (Å²) in [5.74, 6) is -6.90. The van der Waals surface area contributed by atoms with Crippen molar-refractivity contribution in [3.63, 3.8) is 0 Å². The van der Waals surface area contributed by atoms with Gasteiger partial charge in [0, 0.05) is 17.7 Å². The zero-order valence-corrected chi connectivity index (χ0v) is 23.5. The lowest BCUT2D eigenvalue weighted by Crippen LogP contribution is -2.76. The SMILES string of the molecule is CC1(C)OC(O)(C2C(O)C(O)C(c3c(O)cc4oc(-c5ccc(O)c(O)c5)cc(=O)c4c3O)OC2(C)C)C(O)C(O)C1O. The van der Waals surface area contributed by atoms with Gasteiger partial charge >= 0.3 is 0 Å². The third kappa shape index (κ3) is 4.71. The van der Waals surface area contributed by atoms with Gasteiger partial charge in [-0.15, -0.1) is 0 Å². The number of aromatic hydroxyl groups is 4. The van der Waals surface area contributed by atoms with Gasteiger partial charge < -0.3 is 65.0 Å². The van der Waals surface area contributed by atoms with Gasteiger partial charge in [-0.1, -0.05) is 0 Å². The number of fused-ring (bicyclic) bond motifs is 1. The van der Waals surface area contributed by atoms with Crippen LogP contribution in [0.3, 0.4) is 0 Å². The Bertz CT molecular complexity index is 1630. The highest BCUT2D eigenvalue weighted by atomic mass is 16.7. The van der Waals surface area contributed by atoms with E-state index in [9.17, 15) is 55.9 Å². The summed E-state index contributed by atoms with van der Waals surface area (Å²) in [6.07, 6.45) is -11.4. The molecule has 3 aromatic rings. The third-order valence-electron chi connectivity index (χ3n) is 8.39. The summed E-state index contributed by atoms with van der Waals surface area (Å²) in [6.45, 7) is 5.40. The van der Waals surface area contributed by atoms with Gasteiger partial charge in [-0.2, -0.15) is 0 Å². The van der Waals surface area contributed by atoms with Crippen molar-refractivity contribution in [1.29, 1.82) is 0 Å². The monoisotopic (exact) mass is 606 g/mol. The number of phenolic OH excluding ortho intramolecular Hbond substituents is 4. The number of phenols is 4. The van der Waals surface area contributed by atoms with Gasteiger partial charge in [0.2, 0.25) is 5.79 Å². The first-order valence-electron chi connectivity index (χ1n) is 13.4. The van der Waals surface area contributed by atoms with Crippen LogP contribution >= 0.6 is 0 Å². The molecule has 8 unspecified atom stereocenters. The third-order valence-corrected chi connectivity index (χ3v) is 8.39. The first kappa shape index (κ1) is 31.0. The lowest BCUT2D eigenvalue weighted by Gasteiger charge is -2.59. The first-order valence-corrected chi connectivity index (χ1v) is 13.4. The summed E-state index contributed by atoms with van der Waals surface area (Å²) >= 11 is 0. The van der Waals surface area contributed by atoms with Crippen molar-refractivity contribution in [2.24, 2.45) is 5.92 Å². The highest BCUT2D eigenvalue weighted by molar-refractivity contribution is 5.88. The summed E-state index contributed by atoms with van der Waals surface area (Å²) < 4.78 is 17.3. The summed E-state index contributed by atoms with van der Waals surface area (Å²) in [7, 11) is 0. The number of hydrogen-bond donors (Lipinski definition) is 10. The molecule has 0 aliphatic carbocycles. The van der Waals surface area contributed by atoms with E-state index in [2.05, 4.69) is 0 Å². The van der Waals surface area contributed by atoms with Crippen LogP contribution in [0.15, 0.2) is 39.5 Å². The Balaban J connectivity index is 1.57. The molecule has 3 heterocycles. The van der Waals surface area contributed by atoms with E-state index in [1.807, 2.05) is 0 Å². The quantitative estimate of drug-likeness (QED) is 0.177. The predicted octanol–water partition coefficient (Wildman–Crippen LogP) is 0.0504. The number of ether oxygens (including phenoxy) is 2. The zero-order chi connectivity index (χ0) is 32.0. The van der Waals surface area contributed by atoms with Gasteiger partial charge in [-0.25, -0.2) is 0 Å². The maximum atomic E-state index is 13.1. The van der Waals surface area contributed by atoms with Crippen LogP contribution in [0.4, 0.5) is 0 Å². The molecule has 14 nitrogen and oxygen atoms in total. The van der Waals surface area contributed by atoms with E-state index in [1.165, 1.54) is 39.8 Å². The average molecular weight is 607 g/mol. The normalized spacial score (nSPS) is 33.9. The van der Waals surface area contributed by atoms with Gasteiger partial charge in [-0.05, 0) is 45.9 Å². The summed E-state index contributed by atoms with van der Waals surface area (Å²) in [6, 6.07) is 5.66. The molecule has 8 atom stereocenters. The smallest absolute Gasteiger partial charge is 0.203 e. The molecule has 10 N–H and O–H groups in total. The van der Waals surface area contributed by atoms with E-state index in [4.69, 9.17) is 13.9 Å². The fraction of sp³-hybridized carbons (Fsp3) is 0.483. The highest BCUT2D eigenvalue weighted by Crippen LogP contribution is 2.53. The van der Waals surface area contributed by atoms with Crippen LogP contribution in [0, 0.1) is 5.92 Å². The lowest BCUT2D eigenvalue weighted by atomic mass is 9.68. The molecule has 0 saturated carbocycles. The van der Waals surface area contributed by atoms with Crippen molar-refractivity contribution in [3.05, 3.63) is 46.1 Å². The molecule has 2 aliphatic rings. The zero-order valence-electron chi connectivity index (χ0n) is 23.5. The minimum absolute atomic E-state index is 0.0674. The van der Waals surface area contributed by atoms with Crippen LogP contribution in [-0.2, 0) is 9.47 Å². The Labute approximate surface area is 243 Å². The predicted molar refractivity (Wildman–Crippen MR) is 146 cm³/mol. The van der Waals surface area contributed by atoms with E-state index >= 15 is 0 Å². The van der Waals surface area contributed by atoms with Crippen LogP contribution < -0.4 is 5.43 Å². The van der Waals surface area contributed by atoms with E-state index < -0.39 is 98.9 Å². The number of benzene rings is 2. The second-order valence-corrected chi connectivity index (χ2v) is 12.1. The molecule has 5 rings (SSSR count). The average Bonchev–Trinajstić information content (AvgIpc) is 2.89. The van der Waals surface area contributed by atoms with Crippen molar-refractivity contribution in [3.8, 4) is 34.3 Å². The number of aliphatic hydroxyl groups excluding tert-OH is 5. The van der Waals surface area contributed by atoms with Crippen LogP contribution in [0.25, 0.3) is 22.3 Å². The van der Waals surface area contributed by atoms with Gasteiger partial charge in [0.1, 0.15) is 58.7 Å². The molecule has 2 aliphatic heterocycles. The summed E-state index contributed by atoms with van der Waals surface area (Å²) in [4.78, 5) is 13.1. The Kier molecular flexibility index (Phi) is 7.23. The summed E-state index contributed by atoms with van der Waals surface area (Å²) in [5.41, 5.74) is -4.69. The molecule has 43 heavy (non-hydrogen) atoms. The van der Waals surface area contributed by atoms with E-state index in [1.54, 1.807) is 0 Å². The van der Waals surface area contributed by atoms with Crippen LogP contribution in [-0.4, -0.2) is 98.6 Å². The van der Waals surface area contributed by atoms with Crippen molar-refractivity contribution >= 4 is 11.0 Å². The second kappa shape index (κ2) is 10.0. The molecule has 2 aromatic carbocycles. The Morgan fingerprint density at radius 1 is 0.744 bits per heavy atom. The molecule has 2 saturated heterocycles. The minimum Gasteiger partial charge on any atom is -0.507 e. The van der Waals surface area contributed by atoms with E-state index in [0.717, 1.165) is 18.2 Å². The molecule has 0 radical (unpaired) electrons. The molecular formula is C29H34O14.